The summed E-state index contributed by atoms with van der Waals surface area (Å²) in [5.41, 5.74) is 1.15. The minimum atomic E-state index is -0.594. The molecular weight excluding hydrogens is 341 g/mol. The number of benzene rings is 2. The summed E-state index contributed by atoms with van der Waals surface area (Å²) in [6, 6.07) is 8.71. The van der Waals surface area contributed by atoms with E-state index < -0.39 is 10.8 Å². The average Bonchev–Trinajstić information content (AvgIpc) is 3.16. The van der Waals surface area contributed by atoms with Crippen LogP contribution in [-0.4, -0.2) is 25.6 Å². The molecule has 1 aromatic heterocycles. The van der Waals surface area contributed by atoms with Crippen LogP contribution < -0.4 is 5.32 Å². The third-order valence-corrected chi connectivity index (χ3v) is 3.79. The van der Waals surface area contributed by atoms with Crippen LogP contribution >= 0.6 is 0 Å². The van der Waals surface area contributed by atoms with Gasteiger partial charge in [0, 0.05) is 18.2 Å². The summed E-state index contributed by atoms with van der Waals surface area (Å²) in [6.07, 6.45) is 2.58. The van der Waals surface area contributed by atoms with E-state index in [4.69, 9.17) is 0 Å². The van der Waals surface area contributed by atoms with Gasteiger partial charge in [0.15, 0.2) is 0 Å². The number of carbonyl (C=O) groups is 1. The molecule has 2 aromatic carbocycles. The molecule has 0 atom stereocenters. The van der Waals surface area contributed by atoms with E-state index in [1.807, 2.05) is 0 Å². The number of nitrogens with zero attached hydrogens (tertiary/aromatic N) is 4. The second-order valence-corrected chi connectivity index (χ2v) is 5.57. The molecule has 8 nitrogen and oxygen atoms in total. The van der Waals surface area contributed by atoms with Gasteiger partial charge >= 0.3 is 0 Å². The molecule has 26 heavy (non-hydrogen) atoms. The number of aromatic nitrogens is 3. The zero-order valence-corrected chi connectivity index (χ0v) is 13.7. The molecule has 0 fully saturated rings. The lowest BCUT2D eigenvalue weighted by molar-refractivity contribution is -0.384. The summed E-state index contributed by atoms with van der Waals surface area (Å²) in [5.74, 6) is -0.858. The van der Waals surface area contributed by atoms with Crippen LogP contribution in [-0.2, 0) is 6.54 Å². The van der Waals surface area contributed by atoms with Gasteiger partial charge in [-0.3, -0.25) is 14.9 Å². The molecule has 0 saturated carbocycles. The van der Waals surface area contributed by atoms with E-state index in [0.717, 1.165) is 0 Å². The Hall–Kier alpha value is -3.62. The fourth-order valence-corrected chi connectivity index (χ4v) is 2.37. The zero-order valence-electron chi connectivity index (χ0n) is 13.7. The molecule has 0 saturated heterocycles. The van der Waals surface area contributed by atoms with Gasteiger partial charge in [-0.25, -0.2) is 14.1 Å². The van der Waals surface area contributed by atoms with Crippen molar-refractivity contribution >= 4 is 11.6 Å². The summed E-state index contributed by atoms with van der Waals surface area (Å²) in [4.78, 5) is 26.7. The quantitative estimate of drug-likeness (QED) is 0.560. The predicted octanol–water partition coefficient (Wildman–Crippen LogP) is 2.55. The SMILES string of the molecule is Cc1ccc(CNC(=O)c2ccc(-n3cncn3)c([N+](=O)[O-])c2)cc1F. The highest BCUT2D eigenvalue weighted by Crippen LogP contribution is 2.23. The van der Waals surface area contributed by atoms with Crippen molar-refractivity contribution in [1.29, 1.82) is 0 Å². The van der Waals surface area contributed by atoms with Gasteiger partial charge in [-0.05, 0) is 36.2 Å². The number of nitrogens with one attached hydrogen (secondary N) is 1. The fraction of sp³-hybridized carbons (Fsp3) is 0.118. The highest BCUT2D eigenvalue weighted by atomic mass is 19.1. The van der Waals surface area contributed by atoms with Gasteiger partial charge in [0.25, 0.3) is 11.6 Å². The number of hydrogen-bond donors (Lipinski definition) is 1. The van der Waals surface area contributed by atoms with Crippen molar-refractivity contribution in [3.05, 3.63) is 81.7 Å². The number of rotatable bonds is 5. The van der Waals surface area contributed by atoms with Crippen molar-refractivity contribution in [2.24, 2.45) is 0 Å². The van der Waals surface area contributed by atoms with Crippen molar-refractivity contribution in [2.45, 2.75) is 13.5 Å². The van der Waals surface area contributed by atoms with Crippen LogP contribution in [0.4, 0.5) is 10.1 Å². The first-order chi connectivity index (χ1) is 12.5. The third kappa shape index (κ3) is 3.56. The van der Waals surface area contributed by atoms with Gasteiger partial charge in [-0.1, -0.05) is 12.1 Å². The van der Waals surface area contributed by atoms with E-state index >= 15 is 0 Å². The molecule has 3 rings (SSSR count). The van der Waals surface area contributed by atoms with E-state index in [2.05, 4.69) is 15.4 Å². The molecule has 1 N–H and O–H groups in total. The molecule has 0 aliphatic carbocycles. The first kappa shape index (κ1) is 17.2. The number of halogens is 1. The third-order valence-electron chi connectivity index (χ3n) is 3.79. The summed E-state index contributed by atoms with van der Waals surface area (Å²) < 4.78 is 14.8. The normalized spacial score (nSPS) is 10.5. The molecule has 3 aromatic rings. The molecule has 0 aliphatic heterocycles. The van der Waals surface area contributed by atoms with Gasteiger partial charge in [0.05, 0.1) is 4.92 Å². The average molecular weight is 355 g/mol. The maximum Gasteiger partial charge on any atom is 0.295 e. The largest absolute Gasteiger partial charge is 0.348 e. The van der Waals surface area contributed by atoms with Crippen molar-refractivity contribution in [3.8, 4) is 5.69 Å². The number of hydrogen-bond acceptors (Lipinski definition) is 5. The number of nitro benzene ring substituents is 1. The molecule has 132 valence electrons. The maximum absolute atomic E-state index is 13.5. The molecule has 1 heterocycles. The molecule has 0 bridgehead atoms. The lowest BCUT2D eigenvalue weighted by Crippen LogP contribution is -2.23. The topological polar surface area (TPSA) is 103 Å². The Morgan fingerprint density at radius 1 is 1.31 bits per heavy atom. The Balaban J connectivity index is 1.80. The minimum Gasteiger partial charge on any atom is -0.348 e. The van der Waals surface area contributed by atoms with Crippen LogP contribution in [0.3, 0.4) is 0 Å². The van der Waals surface area contributed by atoms with E-state index in [0.29, 0.717) is 11.1 Å². The van der Waals surface area contributed by atoms with E-state index in [1.165, 1.54) is 41.6 Å². The monoisotopic (exact) mass is 355 g/mol. The minimum absolute atomic E-state index is 0.106. The predicted molar refractivity (Wildman–Crippen MR) is 90.3 cm³/mol. The van der Waals surface area contributed by atoms with Crippen molar-refractivity contribution < 1.29 is 14.1 Å². The Morgan fingerprint density at radius 3 is 2.77 bits per heavy atom. The first-order valence-corrected chi connectivity index (χ1v) is 7.62. The number of aryl methyl sites for hydroxylation is 1. The van der Waals surface area contributed by atoms with Gasteiger partial charge in [-0.2, -0.15) is 5.10 Å². The standard InChI is InChI=1S/C17H14FN5O3/c1-11-2-3-12(6-14(11)18)8-20-17(24)13-4-5-15(16(7-13)23(25)26)22-10-19-9-21-22/h2-7,9-10H,8H2,1H3,(H,20,24). The van der Waals surface area contributed by atoms with Crippen LogP contribution in [0.2, 0.25) is 0 Å². The molecule has 0 aliphatic rings. The van der Waals surface area contributed by atoms with Crippen LogP contribution in [0.15, 0.2) is 49.1 Å². The smallest absolute Gasteiger partial charge is 0.295 e. The molecule has 0 radical (unpaired) electrons. The molecule has 0 spiro atoms. The van der Waals surface area contributed by atoms with Gasteiger partial charge in [0.2, 0.25) is 0 Å². The Labute approximate surface area is 147 Å². The van der Waals surface area contributed by atoms with Gasteiger partial charge in [0.1, 0.15) is 24.2 Å². The number of nitro groups is 1. The maximum atomic E-state index is 13.5. The zero-order chi connectivity index (χ0) is 18.7. The summed E-state index contributed by atoms with van der Waals surface area (Å²) in [5, 5.41) is 17.8. The van der Waals surface area contributed by atoms with Crippen molar-refractivity contribution in [3.63, 3.8) is 0 Å². The highest BCUT2D eigenvalue weighted by Gasteiger charge is 2.19. The van der Waals surface area contributed by atoms with Crippen LogP contribution in [0.1, 0.15) is 21.5 Å². The van der Waals surface area contributed by atoms with Crippen LogP contribution in [0.5, 0.6) is 0 Å². The van der Waals surface area contributed by atoms with Crippen LogP contribution in [0.25, 0.3) is 5.69 Å². The molecule has 9 heteroatoms. The summed E-state index contributed by atoms with van der Waals surface area (Å²) in [6.45, 7) is 1.75. The highest BCUT2D eigenvalue weighted by molar-refractivity contribution is 5.95. The summed E-state index contributed by atoms with van der Waals surface area (Å²) in [7, 11) is 0. The van der Waals surface area contributed by atoms with Crippen molar-refractivity contribution in [1.82, 2.24) is 20.1 Å². The van der Waals surface area contributed by atoms with E-state index in [-0.39, 0.29) is 29.3 Å². The number of carbonyl (C=O) groups excluding carboxylic acids is 1. The molecule has 1 amide bonds. The lowest BCUT2D eigenvalue weighted by Gasteiger charge is -2.08. The Bertz CT molecular complexity index is 973. The van der Waals surface area contributed by atoms with E-state index in [1.54, 1.807) is 19.1 Å². The lowest BCUT2D eigenvalue weighted by atomic mass is 10.1. The van der Waals surface area contributed by atoms with Gasteiger partial charge < -0.3 is 5.32 Å². The van der Waals surface area contributed by atoms with Gasteiger partial charge in [-0.15, -0.1) is 0 Å². The van der Waals surface area contributed by atoms with Crippen LogP contribution in [0, 0.1) is 22.9 Å². The van der Waals surface area contributed by atoms with Crippen molar-refractivity contribution in [2.75, 3.05) is 0 Å². The molecule has 0 unspecified atom stereocenters. The molecular formula is C17H14FN5O3. The first-order valence-electron chi connectivity index (χ1n) is 7.62. The van der Waals surface area contributed by atoms with E-state index in [9.17, 15) is 19.3 Å². The summed E-state index contributed by atoms with van der Waals surface area (Å²) >= 11 is 0. The Morgan fingerprint density at radius 2 is 2.12 bits per heavy atom. The second kappa shape index (κ2) is 7.09. The fourth-order valence-electron chi connectivity index (χ4n) is 2.37. The number of amides is 1. The Kier molecular flexibility index (Phi) is 4.70. The second-order valence-electron chi connectivity index (χ2n) is 5.57.